The van der Waals surface area contributed by atoms with Crippen molar-refractivity contribution in [2.75, 3.05) is 26.8 Å². The quantitative estimate of drug-likeness (QED) is 0.730. The summed E-state index contributed by atoms with van der Waals surface area (Å²) in [6.07, 6.45) is 0. The van der Waals surface area contributed by atoms with Gasteiger partial charge in [0, 0.05) is 24.6 Å². The van der Waals surface area contributed by atoms with E-state index in [2.05, 4.69) is 6.92 Å². The molecule has 0 saturated carbocycles. The van der Waals surface area contributed by atoms with Crippen molar-refractivity contribution < 1.29 is 14.6 Å². The number of hydrogen-bond acceptors (Lipinski definition) is 3. The summed E-state index contributed by atoms with van der Waals surface area (Å²) >= 11 is 0. The molecule has 4 nitrogen and oxygen atoms in total. The number of rotatable bonds is 5. The Labute approximate surface area is 165 Å². The van der Waals surface area contributed by atoms with Gasteiger partial charge in [-0.2, -0.15) is 0 Å². The summed E-state index contributed by atoms with van der Waals surface area (Å²) in [7, 11) is 1.86. The third kappa shape index (κ3) is 3.41. The Bertz CT molecular complexity index is 1020. The predicted octanol–water partition coefficient (Wildman–Crippen LogP) is 4.11. The van der Waals surface area contributed by atoms with Gasteiger partial charge in [-0.05, 0) is 39.6 Å². The molecule has 1 amide bonds. The molecule has 0 aliphatic carbocycles. The Morgan fingerprint density at radius 3 is 2.50 bits per heavy atom. The smallest absolute Gasteiger partial charge is 0.254 e. The zero-order valence-corrected chi connectivity index (χ0v) is 16.3. The Morgan fingerprint density at radius 1 is 1.07 bits per heavy atom. The number of ether oxygens (including phenoxy) is 1. The van der Waals surface area contributed by atoms with E-state index in [9.17, 15) is 9.90 Å². The summed E-state index contributed by atoms with van der Waals surface area (Å²) in [6.45, 7) is 4.24. The van der Waals surface area contributed by atoms with Crippen molar-refractivity contribution in [3.05, 3.63) is 71.8 Å². The summed E-state index contributed by atoms with van der Waals surface area (Å²) in [5, 5.41) is 11.4. The number of carbonyl (C=O) groups is 1. The molecule has 1 aliphatic rings. The second kappa shape index (κ2) is 7.38. The Balaban J connectivity index is 1.74. The molecule has 3 aromatic rings. The third-order valence-electron chi connectivity index (χ3n) is 5.44. The highest BCUT2D eigenvalue weighted by atomic mass is 16.5. The molecule has 0 atom stereocenters. The van der Waals surface area contributed by atoms with E-state index in [1.807, 2.05) is 67.7 Å². The molecule has 1 fully saturated rings. The highest BCUT2D eigenvalue weighted by Gasteiger charge is 2.35. The summed E-state index contributed by atoms with van der Waals surface area (Å²) in [4.78, 5) is 15.0. The summed E-state index contributed by atoms with van der Waals surface area (Å²) < 4.78 is 5.32. The van der Waals surface area contributed by atoms with Crippen LogP contribution in [-0.4, -0.2) is 42.7 Å². The predicted molar refractivity (Wildman–Crippen MR) is 111 cm³/mol. The fourth-order valence-electron chi connectivity index (χ4n) is 3.97. The zero-order chi connectivity index (χ0) is 19.7. The van der Waals surface area contributed by atoms with Crippen LogP contribution >= 0.6 is 0 Å². The van der Waals surface area contributed by atoms with E-state index in [1.54, 1.807) is 4.90 Å². The van der Waals surface area contributed by atoms with Crippen LogP contribution in [0.15, 0.2) is 60.7 Å². The topological polar surface area (TPSA) is 49.8 Å². The molecule has 3 aromatic carbocycles. The van der Waals surface area contributed by atoms with E-state index >= 15 is 0 Å². The number of nitrogens with zero attached hydrogens (tertiary/aromatic N) is 1. The summed E-state index contributed by atoms with van der Waals surface area (Å²) in [6, 6.07) is 19.8. The van der Waals surface area contributed by atoms with Gasteiger partial charge in [0.15, 0.2) is 0 Å². The molecule has 28 heavy (non-hydrogen) atoms. The van der Waals surface area contributed by atoms with Gasteiger partial charge < -0.3 is 14.7 Å². The average molecular weight is 375 g/mol. The van der Waals surface area contributed by atoms with E-state index in [0.29, 0.717) is 25.3 Å². The van der Waals surface area contributed by atoms with Crippen molar-refractivity contribution in [2.45, 2.75) is 13.5 Å². The lowest BCUT2D eigenvalue weighted by Gasteiger charge is -2.40. The molecule has 4 heteroatoms. The van der Waals surface area contributed by atoms with Crippen molar-refractivity contribution in [1.82, 2.24) is 4.90 Å². The maximum Gasteiger partial charge on any atom is 0.254 e. The van der Waals surface area contributed by atoms with E-state index in [4.69, 9.17) is 4.74 Å². The SMILES string of the molecule is CN(CC1(C)COC1)C(=O)c1ccc(-c2cccc(CO)c2)c2ccccc12. The molecule has 4 rings (SSSR count). The number of hydrogen-bond donors (Lipinski definition) is 1. The van der Waals surface area contributed by atoms with Gasteiger partial charge in [-0.3, -0.25) is 4.79 Å². The van der Waals surface area contributed by atoms with E-state index in [1.165, 1.54) is 0 Å². The summed E-state index contributed by atoms with van der Waals surface area (Å²) in [5.74, 6) is 0.0278. The van der Waals surface area contributed by atoms with Crippen LogP contribution in [0.4, 0.5) is 0 Å². The minimum atomic E-state index is 0.00954. The highest BCUT2D eigenvalue weighted by Crippen LogP contribution is 2.33. The lowest BCUT2D eigenvalue weighted by molar-refractivity contribution is -0.109. The van der Waals surface area contributed by atoms with Gasteiger partial charge in [0.05, 0.1) is 19.8 Å². The standard InChI is InChI=1S/C24H25NO3/c1-24(15-28-16-24)14-25(2)23(27)22-11-10-19(20-8-3-4-9-21(20)22)18-7-5-6-17(12-18)13-26/h3-12,26H,13-16H2,1-2H3. The molecular weight excluding hydrogens is 350 g/mol. The molecule has 1 aliphatic heterocycles. The summed E-state index contributed by atoms with van der Waals surface area (Å²) in [5.41, 5.74) is 3.73. The first-order chi connectivity index (χ1) is 13.5. The zero-order valence-electron chi connectivity index (χ0n) is 16.3. The normalized spacial score (nSPS) is 15.2. The molecule has 1 heterocycles. The number of aliphatic hydroxyl groups is 1. The number of benzene rings is 3. The van der Waals surface area contributed by atoms with Crippen LogP contribution in [0.3, 0.4) is 0 Å². The number of fused-ring (bicyclic) bond motifs is 1. The van der Waals surface area contributed by atoms with Gasteiger partial charge >= 0.3 is 0 Å². The van der Waals surface area contributed by atoms with Crippen LogP contribution in [-0.2, 0) is 11.3 Å². The molecule has 0 unspecified atom stereocenters. The van der Waals surface area contributed by atoms with Crippen LogP contribution in [0.1, 0.15) is 22.8 Å². The van der Waals surface area contributed by atoms with Gasteiger partial charge in [-0.1, -0.05) is 55.5 Å². The second-order valence-corrected chi connectivity index (χ2v) is 8.03. The molecule has 1 N–H and O–H groups in total. The highest BCUT2D eigenvalue weighted by molar-refractivity contribution is 6.10. The number of aliphatic hydroxyl groups excluding tert-OH is 1. The molecule has 144 valence electrons. The molecule has 1 saturated heterocycles. The van der Waals surface area contributed by atoms with E-state index in [-0.39, 0.29) is 17.9 Å². The van der Waals surface area contributed by atoms with Gasteiger partial charge in [-0.25, -0.2) is 0 Å². The lowest BCUT2D eigenvalue weighted by Crippen LogP contribution is -2.49. The Kier molecular flexibility index (Phi) is 4.92. The van der Waals surface area contributed by atoms with Crippen LogP contribution in [0.2, 0.25) is 0 Å². The maximum atomic E-state index is 13.2. The van der Waals surface area contributed by atoms with Crippen LogP contribution in [0.5, 0.6) is 0 Å². The monoisotopic (exact) mass is 375 g/mol. The van der Waals surface area contributed by atoms with Crippen molar-refractivity contribution in [3.8, 4) is 11.1 Å². The fourth-order valence-corrected chi connectivity index (χ4v) is 3.97. The van der Waals surface area contributed by atoms with Crippen molar-refractivity contribution >= 4 is 16.7 Å². The Morgan fingerprint density at radius 2 is 1.82 bits per heavy atom. The second-order valence-electron chi connectivity index (χ2n) is 8.03. The molecule has 0 spiro atoms. The van der Waals surface area contributed by atoms with E-state index < -0.39 is 0 Å². The first-order valence-electron chi connectivity index (χ1n) is 9.56. The Hall–Kier alpha value is -2.69. The average Bonchev–Trinajstić information content (AvgIpc) is 2.71. The van der Waals surface area contributed by atoms with Crippen molar-refractivity contribution in [1.29, 1.82) is 0 Å². The number of amides is 1. The minimum Gasteiger partial charge on any atom is -0.392 e. The van der Waals surface area contributed by atoms with E-state index in [0.717, 1.165) is 27.5 Å². The molecule has 0 bridgehead atoms. The van der Waals surface area contributed by atoms with Crippen LogP contribution in [0, 0.1) is 5.41 Å². The number of carbonyl (C=O) groups excluding carboxylic acids is 1. The lowest BCUT2D eigenvalue weighted by atomic mass is 9.88. The molecule has 0 radical (unpaired) electrons. The van der Waals surface area contributed by atoms with Crippen molar-refractivity contribution in [3.63, 3.8) is 0 Å². The van der Waals surface area contributed by atoms with Crippen molar-refractivity contribution in [2.24, 2.45) is 5.41 Å². The maximum absolute atomic E-state index is 13.2. The molecule has 0 aromatic heterocycles. The van der Waals surface area contributed by atoms with Gasteiger partial charge in [0.1, 0.15) is 0 Å². The first kappa shape index (κ1) is 18.7. The van der Waals surface area contributed by atoms with Crippen LogP contribution in [0.25, 0.3) is 21.9 Å². The van der Waals surface area contributed by atoms with Gasteiger partial charge in [-0.15, -0.1) is 0 Å². The first-order valence-corrected chi connectivity index (χ1v) is 9.56. The van der Waals surface area contributed by atoms with Gasteiger partial charge in [0.25, 0.3) is 5.91 Å². The largest absolute Gasteiger partial charge is 0.392 e. The third-order valence-corrected chi connectivity index (χ3v) is 5.44. The van der Waals surface area contributed by atoms with Crippen LogP contribution < -0.4 is 0 Å². The fraction of sp³-hybridized carbons (Fsp3) is 0.292. The minimum absolute atomic E-state index is 0.00954. The molecular formula is C24H25NO3. The van der Waals surface area contributed by atoms with Gasteiger partial charge in [0.2, 0.25) is 0 Å².